The minimum absolute atomic E-state index is 0.507. The summed E-state index contributed by atoms with van der Waals surface area (Å²) in [5.41, 5.74) is 1.10. The van der Waals surface area contributed by atoms with Crippen molar-refractivity contribution in [1.29, 1.82) is 0 Å². The summed E-state index contributed by atoms with van der Waals surface area (Å²) in [7, 11) is 1.52. The largest absolute Gasteiger partial charge is 0.495 e. The van der Waals surface area contributed by atoms with E-state index in [1.807, 2.05) is 6.07 Å². The molecule has 1 amide bonds. The van der Waals surface area contributed by atoms with E-state index in [4.69, 9.17) is 4.74 Å². The standard InChI is InChI=1S/C14H13N3O3/c1-19-13-8-3-2-7-12(13)17-14(18)20-16-10-11-6-4-5-9-15-11/h2-10H,1H3,(H,17,18). The number of pyridine rings is 1. The number of nitrogens with one attached hydrogen (secondary N) is 1. The predicted molar refractivity (Wildman–Crippen MR) is 74.9 cm³/mol. The zero-order valence-electron chi connectivity index (χ0n) is 10.8. The Bertz CT molecular complexity index is 600. The van der Waals surface area contributed by atoms with Gasteiger partial charge in [0.1, 0.15) is 5.75 Å². The van der Waals surface area contributed by atoms with Crippen molar-refractivity contribution in [3.8, 4) is 5.75 Å². The van der Waals surface area contributed by atoms with Crippen molar-refractivity contribution in [2.75, 3.05) is 12.4 Å². The molecule has 6 nitrogen and oxygen atoms in total. The average Bonchev–Trinajstić information content (AvgIpc) is 2.49. The van der Waals surface area contributed by atoms with Crippen molar-refractivity contribution in [3.05, 3.63) is 54.4 Å². The summed E-state index contributed by atoms with van der Waals surface area (Å²) < 4.78 is 5.10. The van der Waals surface area contributed by atoms with Gasteiger partial charge in [0.15, 0.2) is 0 Å². The number of hydrogen-bond donors (Lipinski definition) is 1. The summed E-state index contributed by atoms with van der Waals surface area (Å²) in [4.78, 5) is 20.2. The second-order valence-electron chi connectivity index (χ2n) is 3.69. The first-order valence-corrected chi connectivity index (χ1v) is 5.85. The summed E-state index contributed by atoms with van der Waals surface area (Å²) in [6.45, 7) is 0. The molecule has 2 rings (SSSR count). The maximum atomic E-state index is 11.5. The molecule has 0 aliphatic carbocycles. The van der Waals surface area contributed by atoms with E-state index in [0.717, 1.165) is 0 Å². The maximum Gasteiger partial charge on any atom is 0.437 e. The zero-order chi connectivity index (χ0) is 14.2. The molecule has 0 aliphatic heterocycles. The van der Waals surface area contributed by atoms with Crippen LogP contribution in [0.1, 0.15) is 5.69 Å². The number of methoxy groups -OCH3 is 1. The first-order chi connectivity index (χ1) is 9.79. The van der Waals surface area contributed by atoms with E-state index >= 15 is 0 Å². The molecular weight excluding hydrogens is 258 g/mol. The number of aromatic nitrogens is 1. The molecule has 1 aromatic heterocycles. The Morgan fingerprint density at radius 3 is 2.80 bits per heavy atom. The van der Waals surface area contributed by atoms with Gasteiger partial charge in [0, 0.05) is 6.20 Å². The van der Waals surface area contributed by atoms with E-state index in [0.29, 0.717) is 17.1 Å². The van der Waals surface area contributed by atoms with E-state index in [9.17, 15) is 4.79 Å². The molecule has 0 radical (unpaired) electrons. The molecule has 0 fully saturated rings. The van der Waals surface area contributed by atoms with E-state index in [1.165, 1.54) is 13.3 Å². The smallest absolute Gasteiger partial charge is 0.437 e. The van der Waals surface area contributed by atoms with Crippen LogP contribution < -0.4 is 10.1 Å². The number of amides is 1. The quantitative estimate of drug-likeness (QED) is 0.527. The number of carbonyl (C=O) groups is 1. The van der Waals surface area contributed by atoms with Crippen LogP contribution >= 0.6 is 0 Å². The number of carbonyl (C=O) groups excluding carboxylic acids is 1. The summed E-state index contributed by atoms with van der Waals surface area (Å²) in [5, 5.41) is 6.08. The molecule has 0 bridgehead atoms. The number of nitrogens with zero attached hydrogens (tertiary/aromatic N) is 2. The number of hydrogen-bond acceptors (Lipinski definition) is 5. The van der Waals surface area contributed by atoms with Crippen molar-refractivity contribution in [1.82, 2.24) is 4.98 Å². The van der Waals surface area contributed by atoms with Gasteiger partial charge in [-0.1, -0.05) is 23.4 Å². The maximum absolute atomic E-state index is 11.5. The third kappa shape index (κ3) is 3.81. The SMILES string of the molecule is COc1ccccc1NC(=O)ON=Cc1ccccn1. The summed E-state index contributed by atoms with van der Waals surface area (Å²) in [5.74, 6) is 0.540. The van der Waals surface area contributed by atoms with E-state index in [2.05, 4.69) is 20.3 Å². The molecule has 0 spiro atoms. The van der Waals surface area contributed by atoms with Crippen molar-refractivity contribution >= 4 is 18.0 Å². The second-order valence-corrected chi connectivity index (χ2v) is 3.69. The third-order valence-corrected chi connectivity index (χ3v) is 2.35. The van der Waals surface area contributed by atoms with Crippen LogP contribution in [0.4, 0.5) is 10.5 Å². The Kier molecular flexibility index (Phi) is 4.66. The fourth-order valence-electron chi connectivity index (χ4n) is 1.46. The summed E-state index contributed by atoms with van der Waals surface area (Å²) in [6.07, 6.45) is 2.26. The molecule has 20 heavy (non-hydrogen) atoms. The van der Waals surface area contributed by atoms with Crippen LogP contribution in [0.2, 0.25) is 0 Å². The molecule has 1 aromatic carbocycles. The van der Waals surface area contributed by atoms with E-state index < -0.39 is 6.09 Å². The highest BCUT2D eigenvalue weighted by atomic mass is 16.7. The number of oxime groups is 1. The Hall–Kier alpha value is -2.89. The molecular formula is C14H13N3O3. The topological polar surface area (TPSA) is 72.8 Å². The van der Waals surface area contributed by atoms with Crippen molar-refractivity contribution < 1.29 is 14.4 Å². The van der Waals surface area contributed by atoms with Gasteiger partial charge in [-0.25, -0.2) is 4.79 Å². The van der Waals surface area contributed by atoms with Crippen LogP contribution in [0, 0.1) is 0 Å². The monoisotopic (exact) mass is 271 g/mol. The Morgan fingerprint density at radius 1 is 1.25 bits per heavy atom. The Labute approximate surface area is 116 Å². The molecule has 0 aliphatic rings. The van der Waals surface area contributed by atoms with E-state index in [-0.39, 0.29) is 0 Å². The number of para-hydroxylation sites is 2. The lowest BCUT2D eigenvalue weighted by Gasteiger charge is -2.07. The predicted octanol–water partition coefficient (Wildman–Crippen LogP) is 2.67. The highest BCUT2D eigenvalue weighted by Crippen LogP contribution is 2.22. The highest BCUT2D eigenvalue weighted by molar-refractivity contribution is 5.87. The van der Waals surface area contributed by atoms with Crippen LogP contribution in [0.5, 0.6) is 5.75 Å². The fraction of sp³-hybridized carbons (Fsp3) is 0.0714. The number of benzene rings is 1. The van der Waals surface area contributed by atoms with Gasteiger partial charge in [0.05, 0.1) is 24.7 Å². The van der Waals surface area contributed by atoms with Gasteiger partial charge in [-0.2, -0.15) is 0 Å². The van der Waals surface area contributed by atoms with Gasteiger partial charge in [0.2, 0.25) is 0 Å². The van der Waals surface area contributed by atoms with E-state index in [1.54, 1.807) is 42.6 Å². The molecule has 2 aromatic rings. The van der Waals surface area contributed by atoms with Crippen molar-refractivity contribution in [2.45, 2.75) is 0 Å². The van der Waals surface area contributed by atoms with Gasteiger partial charge >= 0.3 is 6.09 Å². The molecule has 102 valence electrons. The molecule has 0 saturated heterocycles. The van der Waals surface area contributed by atoms with Crippen LogP contribution in [0.3, 0.4) is 0 Å². The number of rotatable bonds is 4. The highest BCUT2D eigenvalue weighted by Gasteiger charge is 2.06. The van der Waals surface area contributed by atoms with Crippen LogP contribution in [0.15, 0.2) is 53.8 Å². The normalized spacial score (nSPS) is 10.2. The lowest BCUT2D eigenvalue weighted by molar-refractivity contribution is 0.167. The minimum atomic E-state index is -0.707. The Morgan fingerprint density at radius 2 is 2.05 bits per heavy atom. The summed E-state index contributed by atoms with van der Waals surface area (Å²) >= 11 is 0. The molecule has 1 heterocycles. The number of ether oxygens (including phenoxy) is 1. The number of anilines is 1. The lowest BCUT2D eigenvalue weighted by Crippen LogP contribution is -2.11. The van der Waals surface area contributed by atoms with Gasteiger partial charge < -0.3 is 4.74 Å². The molecule has 1 N–H and O–H groups in total. The van der Waals surface area contributed by atoms with Crippen molar-refractivity contribution in [3.63, 3.8) is 0 Å². The minimum Gasteiger partial charge on any atom is -0.495 e. The second kappa shape index (κ2) is 6.89. The molecule has 0 unspecified atom stereocenters. The van der Waals surface area contributed by atoms with Gasteiger partial charge in [-0.3, -0.25) is 15.1 Å². The first kappa shape index (κ1) is 13.5. The summed E-state index contributed by atoms with van der Waals surface area (Å²) in [6, 6.07) is 12.3. The Balaban J connectivity index is 1.91. The van der Waals surface area contributed by atoms with Crippen LogP contribution in [-0.2, 0) is 4.84 Å². The molecule has 0 atom stereocenters. The third-order valence-electron chi connectivity index (χ3n) is 2.35. The van der Waals surface area contributed by atoms with Gasteiger partial charge in [0.25, 0.3) is 0 Å². The van der Waals surface area contributed by atoms with Gasteiger partial charge in [-0.15, -0.1) is 0 Å². The first-order valence-electron chi connectivity index (χ1n) is 5.85. The molecule has 6 heteroatoms. The fourth-order valence-corrected chi connectivity index (χ4v) is 1.46. The van der Waals surface area contributed by atoms with Crippen LogP contribution in [0.25, 0.3) is 0 Å². The van der Waals surface area contributed by atoms with Gasteiger partial charge in [-0.05, 0) is 24.3 Å². The molecule has 0 saturated carbocycles. The lowest BCUT2D eigenvalue weighted by atomic mass is 10.3. The van der Waals surface area contributed by atoms with Crippen LogP contribution in [-0.4, -0.2) is 24.4 Å². The van der Waals surface area contributed by atoms with Crippen molar-refractivity contribution in [2.24, 2.45) is 5.16 Å². The average molecular weight is 271 g/mol. The zero-order valence-corrected chi connectivity index (χ0v) is 10.8.